The Morgan fingerprint density at radius 1 is 1.23 bits per heavy atom. The highest BCUT2D eigenvalue weighted by molar-refractivity contribution is 5.74. The van der Waals surface area contributed by atoms with Gasteiger partial charge in [0, 0.05) is 17.4 Å². The first kappa shape index (κ1) is 23.5. The summed E-state index contributed by atoms with van der Waals surface area (Å²) in [6.45, 7) is 2.57. The van der Waals surface area contributed by atoms with Crippen LogP contribution in [0.2, 0.25) is 0 Å². The van der Waals surface area contributed by atoms with E-state index < -0.39 is 5.60 Å². The molecule has 1 aliphatic carbocycles. The molecule has 2 aliphatic rings. The first-order chi connectivity index (χ1) is 17.0. The second kappa shape index (κ2) is 9.41. The van der Waals surface area contributed by atoms with Crippen molar-refractivity contribution < 1.29 is 23.4 Å². The van der Waals surface area contributed by atoms with E-state index in [-0.39, 0.29) is 29.5 Å². The van der Waals surface area contributed by atoms with Crippen molar-refractivity contribution in [1.82, 2.24) is 15.0 Å². The van der Waals surface area contributed by atoms with E-state index in [4.69, 9.17) is 14.2 Å². The summed E-state index contributed by atoms with van der Waals surface area (Å²) < 4.78 is 33.0. The summed E-state index contributed by atoms with van der Waals surface area (Å²) in [5.74, 6) is -0.240. The number of rotatable bonds is 6. The number of aryl methyl sites for hydroxylation is 1. The van der Waals surface area contributed by atoms with Crippen molar-refractivity contribution in [1.29, 1.82) is 0 Å². The molecule has 5 rings (SSSR count). The fourth-order valence-electron chi connectivity index (χ4n) is 5.98. The predicted octanol–water partition coefficient (Wildman–Crippen LogP) is 4.59. The van der Waals surface area contributed by atoms with E-state index in [0.717, 1.165) is 47.5 Å². The van der Waals surface area contributed by atoms with Crippen molar-refractivity contribution >= 4 is 5.97 Å². The Morgan fingerprint density at radius 2 is 2.03 bits per heavy atom. The third kappa shape index (κ3) is 4.10. The largest absolute Gasteiger partial charge is 0.496 e. The van der Waals surface area contributed by atoms with Gasteiger partial charge in [-0.3, -0.25) is 4.79 Å². The average Bonchev–Trinajstić information content (AvgIpc) is 3.63. The molecular formula is C27H30FN3O4. The lowest BCUT2D eigenvalue weighted by atomic mass is 9.76. The first-order valence-electron chi connectivity index (χ1n) is 12.0. The third-order valence-electron chi connectivity index (χ3n) is 7.62. The maximum atomic E-state index is 13.7. The second-order valence-corrected chi connectivity index (χ2v) is 9.39. The molecule has 8 heteroatoms. The number of carbonyl (C=O) groups excluding carboxylic acids is 1. The molecule has 1 saturated carbocycles. The van der Waals surface area contributed by atoms with E-state index in [1.165, 1.54) is 19.2 Å². The minimum atomic E-state index is -0.537. The van der Waals surface area contributed by atoms with Crippen LogP contribution in [-0.2, 0) is 20.7 Å². The molecule has 0 N–H and O–H groups in total. The predicted molar refractivity (Wildman–Crippen MR) is 127 cm³/mol. The SMILES string of the molecule is CCc1cnnn1-c1ccc(OC)c(C2CO[C@]3(CC[C@H](C(=O)OC)[C@H]3c3ccc(F)cc3)C2)c1. The number of nitrogens with zero attached hydrogens (tertiary/aromatic N) is 3. The molecule has 0 radical (unpaired) electrons. The van der Waals surface area contributed by atoms with E-state index in [9.17, 15) is 9.18 Å². The summed E-state index contributed by atoms with van der Waals surface area (Å²) in [4.78, 5) is 12.7. The van der Waals surface area contributed by atoms with Gasteiger partial charge in [0.15, 0.2) is 0 Å². The molecule has 184 valence electrons. The molecular weight excluding hydrogens is 449 g/mol. The Morgan fingerprint density at radius 3 is 2.74 bits per heavy atom. The number of halogens is 1. The van der Waals surface area contributed by atoms with Gasteiger partial charge in [-0.2, -0.15) is 0 Å². The smallest absolute Gasteiger partial charge is 0.309 e. The van der Waals surface area contributed by atoms with Crippen LogP contribution in [0.5, 0.6) is 5.75 Å². The van der Waals surface area contributed by atoms with Gasteiger partial charge in [-0.05, 0) is 61.6 Å². The Balaban J connectivity index is 1.50. The van der Waals surface area contributed by atoms with Crippen molar-refractivity contribution in [2.24, 2.45) is 5.92 Å². The number of carbonyl (C=O) groups is 1. The first-order valence-corrected chi connectivity index (χ1v) is 12.0. The van der Waals surface area contributed by atoms with Crippen LogP contribution < -0.4 is 4.74 Å². The summed E-state index contributed by atoms with van der Waals surface area (Å²) in [6, 6.07) is 12.4. The van der Waals surface area contributed by atoms with Gasteiger partial charge in [-0.1, -0.05) is 24.3 Å². The molecule has 2 heterocycles. The zero-order valence-electron chi connectivity index (χ0n) is 20.2. The quantitative estimate of drug-likeness (QED) is 0.482. The van der Waals surface area contributed by atoms with Gasteiger partial charge in [-0.15, -0.1) is 5.10 Å². The summed E-state index contributed by atoms with van der Waals surface area (Å²) in [5, 5.41) is 8.33. The summed E-state index contributed by atoms with van der Waals surface area (Å²) in [5.41, 5.74) is 3.34. The van der Waals surface area contributed by atoms with E-state index in [2.05, 4.69) is 23.3 Å². The fraction of sp³-hybridized carbons (Fsp3) is 0.444. The Bertz CT molecular complexity index is 1210. The molecule has 4 atom stereocenters. The average molecular weight is 480 g/mol. The lowest BCUT2D eigenvalue weighted by Gasteiger charge is -2.33. The van der Waals surface area contributed by atoms with Gasteiger partial charge in [0.05, 0.1) is 49.9 Å². The number of aromatic nitrogens is 3. The molecule has 1 aromatic heterocycles. The van der Waals surface area contributed by atoms with Gasteiger partial charge >= 0.3 is 5.97 Å². The minimum absolute atomic E-state index is 0.0674. The van der Waals surface area contributed by atoms with Crippen molar-refractivity contribution in [2.75, 3.05) is 20.8 Å². The molecule has 0 bridgehead atoms. The topological polar surface area (TPSA) is 75.5 Å². The molecule has 1 saturated heterocycles. The summed E-state index contributed by atoms with van der Waals surface area (Å²) in [6.07, 6.45) is 4.71. The maximum absolute atomic E-state index is 13.7. The molecule has 1 aliphatic heterocycles. The third-order valence-corrected chi connectivity index (χ3v) is 7.62. The highest BCUT2D eigenvalue weighted by atomic mass is 19.1. The lowest BCUT2D eigenvalue weighted by Crippen LogP contribution is -2.35. The van der Waals surface area contributed by atoms with Crippen LogP contribution >= 0.6 is 0 Å². The number of ether oxygens (including phenoxy) is 3. The number of hydrogen-bond donors (Lipinski definition) is 0. The van der Waals surface area contributed by atoms with Crippen molar-refractivity contribution in [3.63, 3.8) is 0 Å². The molecule has 2 aromatic carbocycles. The monoisotopic (exact) mass is 479 g/mol. The van der Waals surface area contributed by atoms with Crippen LogP contribution in [0, 0.1) is 11.7 Å². The highest BCUT2D eigenvalue weighted by Crippen LogP contribution is 2.57. The van der Waals surface area contributed by atoms with Crippen LogP contribution in [-0.4, -0.2) is 47.4 Å². The van der Waals surface area contributed by atoms with E-state index >= 15 is 0 Å². The lowest BCUT2D eigenvalue weighted by molar-refractivity contribution is -0.146. The zero-order valence-corrected chi connectivity index (χ0v) is 20.2. The number of benzene rings is 2. The van der Waals surface area contributed by atoms with Crippen LogP contribution in [0.1, 0.15) is 54.8 Å². The van der Waals surface area contributed by atoms with E-state index in [1.54, 1.807) is 25.4 Å². The Kier molecular flexibility index (Phi) is 6.32. The van der Waals surface area contributed by atoms with Crippen LogP contribution in [0.4, 0.5) is 4.39 Å². The van der Waals surface area contributed by atoms with E-state index in [1.807, 2.05) is 16.8 Å². The zero-order chi connectivity index (χ0) is 24.6. The highest BCUT2D eigenvalue weighted by Gasteiger charge is 2.56. The molecule has 2 fully saturated rings. The van der Waals surface area contributed by atoms with Gasteiger partial charge in [-0.25, -0.2) is 9.07 Å². The van der Waals surface area contributed by atoms with Gasteiger partial charge in [0.25, 0.3) is 0 Å². The fourth-order valence-corrected chi connectivity index (χ4v) is 5.98. The molecule has 1 unspecified atom stereocenters. The van der Waals surface area contributed by atoms with Gasteiger partial charge in [0.1, 0.15) is 11.6 Å². The van der Waals surface area contributed by atoms with Gasteiger partial charge in [0.2, 0.25) is 0 Å². The number of hydrogen-bond acceptors (Lipinski definition) is 6. The molecule has 7 nitrogen and oxygen atoms in total. The molecule has 0 amide bonds. The van der Waals surface area contributed by atoms with Crippen molar-refractivity contribution in [3.05, 3.63) is 71.3 Å². The van der Waals surface area contributed by atoms with Crippen LogP contribution in [0.25, 0.3) is 5.69 Å². The van der Waals surface area contributed by atoms with Crippen molar-refractivity contribution in [3.8, 4) is 11.4 Å². The molecule has 1 spiro atoms. The normalized spacial score (nSPS) is 25.8. The van der Waals surface area contributed by atoms with Crippen LogP contribution in [0.3, 0.4) is 0 Å². The van der Waals surface area contributed by atoms with Crippen molar-refractivity contribution in [2.45, 2.75) is 50.0 Å². The van der Waals surface area contributed by atoms with E-state index in [0.29, 0.717) is 13.0 Å². The second-order valence-electron chi connectivity index (χ2n) is 9.39. The molecule has 3 aromatic rings. The Labute approximate surface area is 204 Å². The summed E-state index contributed by atoms with van der Waals surface area (Å²) in [7, 11) is 3.08. The minimum Gasteiger partial charge on any atom is -0.496 e. The standard InChI is InChI=1S/C27H30FN3O4/c1-4-20-15-29-30-31(20)21-9-10-24(33-2)23(13-21)18-14-27(35-16-18)12-11-22(26(32)34-3)25(27)17-5-7-19(28)8-6-17/h5-10,13,15,18,22,25H,4,11-12,14,16H2,1-3H3/t18?,22-,25+,27+/m0/s1. The number of methoxy groups -OCH3 is 2. The Hall–Kier alpha value is -3.26. The maximum Gasteiger partial charge on any atom is 0.309 e. The number of esters is 1. The molecule has 35 heavy (non-hydrogen) atoms. The van der Waals surface area contributed by atoms with Crippen LogP contribution in [0.15, 0.2) is 48.7 Å². The summed E-state index contributed by atoms with van der Waals surface area (Å²) >= 11 is 0. The van der Waals surface area contributed by atoms with Gasteiger partial charge < -0.3 is 14.2 Å².